The van der Waals surface area contributed by atoms with Crippen molar-refractivity contribution in [2.75, 3.05) is 13.1 Å². The van der Waals surface area contributed by atoms with E-state index in [-0.39, 0.29) is 31.0 Å². The summed E-state index contributed by atoms with van der Waals surface area (Å²) >= 11 is 4.60. The van der Waals surface area contributed by atoms with E-state index in [1.165, 1.54) is 28.4 Å². The fraction of sp³-hybridized carbons (Fsp3) is 0.471. The highest BCUT2D eigenvalue weighted by Crippen LogP contribution is 2.32. The number of nitrogens with zero attached hydrogens (tertiary/aromatic N) is 2. The summed E-state index contributed by atoms with van der Waals surface area (Å²) in [6.07, 6.45) is -1.31. The van der Waals surface area contributed by atoms with Crippen molar-refractivity contribution in [2.45, 2.75) is 38.9 Å². The third-order valence-corrected chi connectivity index (χ3v) is 5.18. The number of Topliss-reactive ketones (excluding diaryl/α,β-unsaturated/α-hetero) is 1. The van der Waals surface area contributed by atoms with Crippen LogP contribution in [0.1, 0.15) is 27.2 Å². The van der Waals surface area contributed by atoms with Gasteiger partial charge in [-0.05, 0) is 36.7 Å². The van der Waals surface area contributed by atoms with E-state index < -0.39 is 23.6 Å². The van der Waals surface area contributed by atoms with Gasteiger partial charge in [-0.15, -0.1) is 11.3 Å². The molecule has 1 atom stereocenters. The standard InChI is InChI=1S/C17H18BrFN2O4S/c1-17(2,3)25-16(23)21-5-4-11(22)13(8-21)24-12-7-14-10(6-9(12)19)20-15(18)26-14/h6-7,13H,4-5,8H2,1-3H3. The Balaban J connectivity index is 1.76. The van der Waals surface area contributed by atoms with Gasteiger partial charge >= 0.3 is 6.09 Å². The molecule has 1 fully saturated rings. The first-order valence-corrected chi connectivity index (χ1v) is 9.66. The molecule has 2 heterocycles. The highest BCUT2D eigenvalue weighted by molar-refractivity contribution is 9.11. The summed E-state index contributed by atoms with van der Waals surface area (Å²) in [5, 5.41) is 0. The average molecular weight is 445 g/mol. The number of likely N-dealkylation sites (tertiary alicyclic amines) is 1. The number of halogens is 2. The minimum absolute atomic E-state index is 0.0254. The molecular formula is C17H18BrFN2O4S. The van der Waals surface area contributed by atoms with Gasteiger partial charge in [0.25, 0.3) is 0 Å². The first-order chi connectivity index (χ1) is 12.1. The zero-order valence-corrected chi connectivity index (χ0v) is 16.9. The number of hydrogen-bond donors (Lipinski definition) is 0. The molecule has 1 aromatic heterocycles. The molecule has 2 aromatic rings. The van der Waals surface area contributed by atoms with Crippen molar-refractivity contribution in [3.05, 3.63) is 21.9 Å². The number of ether oxygens (including phenoxy) is 2. The zero-order valence-electron chi connectivity index (χ0n) is 14.5. The largest absolute Gasteiger partial charge is 0.478 e. The van der Waals surface area contributed by atoms with Crippen molar-refractivity contribution in [1.82, 2.24) is 9.88 Å². The van der Waals surface area contributed by atoms with Gasteiger partial charge in [-0.1, -0.05) is 0 Å². The van der Waals surface area contributed by atoms with Gasteiger partial charge in [0.15, 0.2) is 27.4 Å². The Hall–Kier alpha value is -1.74. The molecule has 0 spiro atoms. The molecule has 1 aliphatic heterocycles. The molecule has 1 aromatic carbocycles. The molecule has 1 saturated heterocycles. The van der Waals surface area contributed by atoms with Gasteiger partial charge in [0.1, 0.15) is 5.60 Å². The Morgan fingerprint density at radius 1 is 1.42 bits per heavy atom. The maximum absolute atomic E-state index is 14.3. The maximum Gasteiger partial charge on any atom is 0.410 e. The van der Waals surface area contributed by atoms with Gasteiger partial charge in [-0.25, -0.2) is 14.2 Å². The molecule has 3 rings (SSSR count). The highest BCUT2D eigenvalue weighted by atomic mass is 79.9. The van der Waals surface area contributed by atoms with Crippen molar-refractivity contribution in [3.63, 3.8) is 0 Å². The van der Waals surface area contributed by atoms with Crippen molar-refractivity contribution in [2.24, 2.45) is 0 Å². The predicted octanol–water partition coefficient (Wildman–Crippen LogP) is 4.16. The van der Waals surface area contributed by atoms with Crippen molar-refractivity contribution >= 4 is 49.4 Å². The van der Waals surface area contributed by atoms with Gasteiger partial charge in [-0.3, -0.25) is 4.79 Å². The van der Waals surface area contributed by atoms with Gasteiger partial charge in [0.2, 0.25) is 0 Å². The number of amides is 1. The first kappa shape index (κ1) is 19.0. The van der Waals surface area contributed by atoms with Crippen LogP contribution in [-0.2, 0) is 9.53 Å². The maximum atomic E-state index is 14.3. The third kappa shape index (κ3) is 4.32. The van der Waals surface area contributed by atoms with Crippen molar-refractivity contribution in [3.8, 4) is 5.75 Å². The molecule has 0 aliphatic carbocycles. The Morgan fingerprint density at radius 3 is 2.85 bits per heavy atom. The van der Waals surface area contributed by atoms with Crippen LogP contribution in [0.15, 0.2) is 16.0 Å². The Kier molecular flexibility index (Phi) is 5.21. The number of piperidine rings is 1. The third-order valence-electron chi connectivity index (χ3n) is 3.71. The molecule has 0 radical (unpaired) electrons. The molecule has 0 saturated carbocycles. The number of fused-ring (bicyclic) bond motifs is 1. The monoisotopic (exact) mass is 444 g/mol. The second-order valence-corrected chi connectivity index (χ2v) is 9.27. The fourth-order valence-corrected chi connectivity index (χ4v) is 3.95. The molecule has 1 aliphatic rings. The van der Waals surface area contributed by atoms with E-state index in [2.05, 4.69) is 20.9 Å². The van der Waals surface area contributed by atoms with Crippen molar-refractivity contribution in [1.29, 1.82) is 0 Å². The summed E-state index contributed by atoms with van der Waals surface area (Å²) < 4.78 is 26.6. The Morgan fingerprint density at radius 2 is 2.15 bits per heavy atom. The van der Waals surface area contributed by atoms with Crippen LogP contribution in [0.2, 0.25) is 0 Å². The van der Waals surface area contributed by atoms with Crippen LogP contribution in [0, 0.1) is 5.82 Å². The molecule has 0 bridgehead atoms. The summed E-state index contributed by atoms with van der Waals surface area (Å²) in [5.74, 6) is -0.801. The number of carbonyl (C=O) groups is 2. The lowest BCUT2D eigenvalue weighted by molar-refractivity contribution is -0.129. The summed E-state index contributed by atoms with van der Waals surface area (Å²) in [7, 11) is 0. The number of aromatic nitrogens is 1. The summed E-state index contributed by atoms with van der Waals surface area (Å²) in [6, 6.07) is 2.79. The van der Waals surface area contributed by atoms with Gasteiger partial charge < -0.3 is 14.4 Å². The second kappa shape index (κ2) is 7.11. The Labute approximate surface area is 162 Å². The minimum Gasteiger partial charge on any atom is -0.478 e. The van der Waals surface area contributed by atoms with Crippen LogP contribution in [-0.4, -0.2) is 46.6 Å². The van der Waals surface area contributed by atoms with E-state index in [1.807, 2.05) is 0 Å². The van der Waals surface area contributed by atoms with E-state index in [9.17, 15) is 14.0 Å². The van der Waals surface area contributed by atoms with Gasteiger partial charge in [0, 0.05) is 25.1 Å². The van der Waals surface area contributed by atoms with E-state index >= 15 is 0 Å². The van der Waals surface area contributed by atoms with Crippen LogP contribution >= 0.6 is 27.3 Å². The van der Waals surface area contributed by atoms with Crippen LogP contribution in [0.5, 0.6) is 5.75 Å². The topological polar surface area (TPSA) is 68.7 Å². The second-order valence-electron chi connectivity index (χ2n) is 6.97. The lowest BCUT2D eigenvalue weighted by atomic mass is 10.1. The highest BCUT2D eigenvalue weighted by Gasteiger charge is 2.34. The van der Waals surface area contributed by atoms with E-state index in [0.29, 0.717) is 9.43 Å². The number of ketones is 1. The van der Waals surface area contributed by atoms with E-state index in [0.717, 1.165) is 4.70 Å². The van der Waals surface area contributed by atoms with Crippen molar-refractivity contribution < 1.29 is 23.5 Å². The summed E-state index contributed by atoms with van der Waals surface area (Å²) in [4.78, 5) is 30.0. The van der Waals surface area contributed by atoms with Crippen LogP contribution < -0.4 is 4.74 Å². The molecular weight excluding hydrogens is 427 g/mol. The predicted molar refractivity (Wildman–Crippen MR) is 99.1 cm³/mol. The Bertz CT molecular complexity index is 864. The molecule has 26 heavy (non-hydrogen) atoms. The number of rotatable bonds is 2. The number of hydrogen-bond acceptors (Lipinski definition) is 6. The van der Waals surface area contributed by atoms with Crippen LogP contribution in [0.3, 0.4) is 0 Å². The van der Waals surface area contributed by atoms with E-state index in [1.54, 1.807) is 20.8 Å². The number of carbonyl (C=O) groups excluding carboxylic acids is 2. The first-order valence-electron chi connectivity index (χ1n) is 8.05. The summed E-state index contributed by atoms with van der Waals surface area (Å²) in [6.45, 7) is 5.60. The van der Waals surface area contributed by atoms with E-state index in [4.69, 9.17) is 9.47 Å². The van der Waals surface area contributed by atoms with Gasteiger partial charge in [0.05, 0.1) is 16.8 Å². The molecule has 0 N–H and O–H groups in total. The smallest absolute Gasteiger partial charge is 0.410 e. The fourth-order valence-electron chi connectivity index (χ4n) is 2.54. The zero-order chi connectivity index (χ0) is 19.1. The van der Waals surface area contributed by atoms with Crippen LogP contribution in [0.25, 0.3) is 10.2 Å². The quantitative estimate of drug-likeness (QED) is 0.695. The minimum atomic E-state index is -0.931. The number of thiazole rings is 1. The lowest BCUT2D eigenvalue weighted by Gasteiger charge is -2.33. The SMILES string of the molecule is CC(C)(C)OC(=O)N1CCC(=O)C(Oc2cc3sc(Br)nc3cc2F)C1. The number of benzene rings is 1. The van der Waals surface area contributed by atoms with Crippen LogP contribution in [0.4, 0.5) is 9.18 Å². The average Bonchev–Trinajstić information content (AvgIpc) is 2.87. The molecule has 1 unspecified atom stereocenters. The lowest BCUT2D eigenvalue weighted by Crippen LogP contribution is -2.50. The molecule has 9 heteroatoms. The summed E-state index contributed by atoms with van der Waals surface area (Å²) in [5.41, 5.74) is -0.122. The van der Waals surface area contributed by atoms with Gasteiger partial charge in [-0.2, -0.15) is 0 Å². The molecule has 1 amide bonds. The molecule has 140 valence electrons. The molecule has 6 nitrogen and oxygen atoms in total. The normalized spacial score (nSPS) is 18.3.